The lowest BCUT2D eigenvalue weighted by atomic mass is 10.2. The van der Waals surface area contributed by atoms with Gasteiger partial charge in [-0.25, -0.2) is 21.6 Å². The molecule has 1 fully saturated rings. The number of halogens is 3. The maximum atomic E-state index is 13.8. The van der Waals surface area contributed by atoms with Gasteiger partial charge in [0.1, 0.15) is 28.4 Å². The molecule has 1 aliphatic heterocycles. The topological polar surface area (TPSA) is 66.5 Å². The summed E-state index contributed by atoms with van der Waals surface area (Å²) in [7, 11) is -4.34. The number of benzene rings is 2. The van der Waals surface area contributed by atoms with Crippen molar-refractivity contribution in [3.8, 4) is 0 Å². The van der Waals surface area contributed by atoms with E-state index in [9.17, 15) is 26.4 Å². The SMILES string of the molecule is Cc1cc(N2CC[C@@H](NS(=O)(=O)c3ccc(F)cc3F)C2=O)ccc1F. The summed E-state index contributed by atoms with van der Waals surface area (Å²) in [5.74, 6) is -3.09. The highest BCUT2D eigenvalue weighted by molar-refractivity contribution is 7.89. The average molecular weight is 384 g/mol. The van der Waals surface area contributed by atoms with E-state index in [4.69, 9.17) is 0 Å². The number of amides is 1. The predicted octanol–water partition coefficient (Wildman–Crippen LogP) is 2.50. The zero-order valence-corrected chi connectivity index (χ0v) is 14.5. The standard InChI is InChI=1S/C17H15F3N2O3S/c1-10-8-12(3-4-13(10)19)22-7-6-15(17(22)23)21-26(24,25)16-5-2-11(18)9-14(16)20/h2-5,8-9,15,21H,6-7H2,1H3/t15-/m1/s1. The van der Waals surface area contributed by atoms with Crippen LogP contribution in [0.1, 0.15) is 12.0 Å². The van der Waals surface area contributed by atoms with Crippen LogP contribution in [-0.4, -0.2) is 26.9 Å². The highest BCUT2D eigenvalue weighted by Gasteiger charge is 2.36. The Kier molecular flexibility index (Phi) is 4.76. The van der Waals surface area contributed by atoms with Crippen molar-refractivity contribution in [2.45, 2.75) is 24.3 Å². The molecule has 9 heteroatoms. The van der Waals surface area contributed by atoms with Gasteiger partial charge in [0.2, 0.25) is 15.9 Å². The van der Waals surface area contributed by atoms with Gasteiger partial charge in [-0.1, -0.05) is 0 Å². The molecule has 1 amide bonds. The van der Waals surface area contributed by atoms with Crippen LogP contribution in [0, 0.1) is 24.4 Å². The van der Waals surface area contributed by atoms with E-state index in [2.05, 4.69) is 4.72 Å². The van der Waals surface area contributed by atoms with Gasteiger partial charge >= 0.3 is 0 Å². The highest BCUT2D eigenvalue weighted by Crippen LogP contribution is 2.25. The summed E-state index contributed by atoms with van der Waals surface area (Å²) in [5, 5.41) is 0. The quantitative estimate of drug-likeness (QED) is 0.881. The monoisotopic (exact) mass is 384 g/mol. The van der Waals surface area contributed by atoms with Gasteiger partial charge in [0.05, 0.1) is 0 Å². The number of sulfonamides is 1. The fraction of sp³-hybridized carbons (Fsp3) is 0.235. The van der Waals surface area contributed by atoms with Gasteiger partial charge in [0, 0.05) is 18.3 Å². The number of nitrogens with zero attached hydrogens (tertiary/aromatic N) is 1. The summed E-state index contributed by atoms with van der Waals surface area (Å²) in [6.07, 6.45) is 0.164. The van der Waals surface area contributed by atoms with Gasteiger partial charge in [0.15, 0.2) is 0 Å². The van der Waals surface area contributed by atoms with Crippen molar-refractivity contribution in [3.05, 3.63) is 59.4 Å². The fourth-order valence-electron chi connectivity index (χ4n) is 2.79. The lowest BCUT2D eigenvalue weighted by molar-refractivity contribution is -0.118. The number of carbonyl (C=O) groups is 1. The third-order valence-electron chi connectivity index (χ3n) is 4.14. The molecule has 26 heavy (non-hydrogen) atoms. The predicted molar refractivity (Wildman–Crippen MR) is 88.6 cm³/mol. The van der Waals surface area contributed by atoms with Crippen LogP contribution >= 0.6 is 0 Å². The second-order valence-corrected chi connectivity index (χ2v) is 7.64. The third kappa shape index (κ3) is 3.45. The zero-order chi connectivity index (χ0) is 19.1. The second-order valence-electron chi connectivity index (χ2n) is 5.96. The van der Waals surface area contributed by atoms with E-state index >= 15 is 0 Å². The van der Waals surface area contributed by atoms with Crippen molar-refractivity contribution >= 4 is 21.6 Å². The number of hydrogen-bond acceptors (Lipinski definition) is 3. The van der Waals surface area contributed by atoms with E-state index in [1.54, 1.807) is 6.92 Å². The Hall–Kier alpha value is -2.39. The number of anilines is 1. The van der Waals surface area contributed by atoms with E-state index in [-0.39, 0.29) is 13.0 Å². The maximum absolute atomic E-state index is 13.8. The summed E-state index contributed by atoms with van der Waals surface area (Å²) in [5.41, 5.74) is 0.802. The lowest BCUT2D eigenvalue weighted by Crippen LogP contribution is -2.41. The van der Waals surface area contributed by atoms with Crippen molar-refractivity contribution in [3.63, 3.8) is 0 Å². The number of aryl methyl sites for hydroxylation is 1. The van der Waals surface area contributed by atoms with E-state index in [1.807, 2.05) is 0 Å². The third-order valence-corrected chi connectivity index (χ3v) is 5.64. The highest BCUT2D eigenvalue weighted by atomic mass is 32.2. The molecule has 1 aliphatic rings. The van der Waals surface area contributed by atoms with Gasteiger partial charge in [-0.15, -0.1) is 0 Å². The van der Waals surface area contributed by atoms with Crippen LogP contribution in [0.15, 0.2) is 41.3 Å². The molecular weight excluding hydrogens is 369 g/mol. The normalized spacial score (nSPS) is 17.8. The molecule has 0 aromatic heterocycles. The molecule has 5 nitrogen and oxygen atoms in total. The van der Waals surface area contributed by atoms with Crippen molar-refractivity contribution in [1.29, 1.82) is 0 Å². The Balaban J connectivity index is 1.81. The number of hydrogen-bond donors (Lipinski definition) is 1. The molecule has 3 rings (SSSR count). The summed E-state index contributed by atoms with van der Waals surface area (Å²) < 4.78 is 66.9. The molecule has 1 saturated heterocycles. The minimum atomic E-state index is -4.34. The first kappa shape index (κ1) is 18.4. The lowest BCUT2D eigenvalue weighted by Gasteiger charge is -2.18. The maximum Gasteiger partial charge on any atom is 0.245 e. The van der Waals surface area contributed by atoms with Crippen LogP contribution in [0.4, 0.5) is 18.9 Å². The minimum Gasteiger partial charge on any atom is -0.311 e. The molecule has 2 aromatic rings. The molecule has 0 unspecified atom stereocenters. The summed E-state index contributed by atoms with van der Waals surface area (Å²) in [6, 6.07) is 5.13. The Morgan fingerprint density at radius 3 is 2.46 bits per heavy atom. The van der Waals surface area contributed by atoms with Crippen LogP contribution in [0.3, 0.4) is 0 Å². The zero-order valence-electron chi connectivity index (χ0n) is 13.7. The van der Waals surface area contributed by atoms with Crippen LogP contribution in [0.5, 0.6) is 0 Å². The molecule has 1 N–H and O–H groups in total. The van der Waals surface area contributed by atoms with Gasteiger partial charge in [-0.2, -0.15) is 4.72 Å². The molecule has 1 heterocycles. The van der Waals surface area contributed by atoms with E-state index in [0.29, 0.717) is 17.3 Å². The van der Waals surface area contributed by atoms with Crippen LogP contribution in [0.2, 0.25) is 0 Å². The number of rotatable bonds is 4. The molecule has 0 bridgehead atoms. The summed E-state index contributed by atoms with van der Waals surface area (Å²) in [4.78, 5) is 13.1. The van der Waals surface area contributed by atoms with Crippen molar-refractivity contribution in [2.24, 2.45) is 0 Å². The molecule has 0 radical (unpaired) electrons. The Bertz CT molecular complexity index is 979. The van der Waals surface area contributed by atoms with Crippen molar-refractivity contribution in [2.75, 3.05) is 11.4 Å². The second kappa shape index (κ2) is 6.73. The molecular formula is C17H15F3N2O3S. The minimum absolute atomic E-state index is 0.164. The number of carbonyl (C=O) groups excluding carboxylic acids is 1. The van der Waals surface area contributed by atoms with Gasteiger partial charge in [0.25, 0.3) is 0 Å². The molecule has 0 aliphatic carbocycles. The van der Waals surface area contributed by atoms with Crippen LogP contribution < -0.4 is 9.62 Å². The van der Waals surface area contributed by atoms with Gasteiger partial charge < -0.3 is 4.90 Å². The summed E-state index contributed by atoms with van der Waals surface area (Å²) >= 11 is 0. The molecule has 1 atom stereocenters. The molecule has 0 spiro atoms. The first-order chi connectivity index (χ1) is 12.2. The van der Waals surface area contributed by atoms with Crippen LogP contribution in [-0.2, 0) is 14.8 Å². The molecule has 0 saturated carbocycles. The van der Waals surface area contributed by atoms with E-state index in [1.165, 1.54) is 23.1 Å². The Morgan fingerprint density at radius 1 is 1.08 bits per heavy atom. The largest absolute Gasteiger partial charge is 0.311 e. The Morgan fingerprint density at radius 2 is 1.81 bits per heavy atom. The summed E-state index contributed by atoms with van der Waals surface area (Å²) in [6.45, 7) is 1.78. The Labute approximate surface area is 148 Å². The first-order valence-electron chi connectivity index (χ1n) is 7.74. The molecule has 138 valence electrons. The van der Waals surface area contributed by atoms with Gasteiger partial charge in [-0.05, 0) is 49.2 Å². The van der Waals surface area contributed by atoms with E-state index < -0.39 is 44.3 Å². The van der Waals surface area contributed by atoms with E-state index in [0.717, 1.165) is 12.1 Å². The fourth-order valence-corrected chi connectivity index (χ4v) is 4.07. The van der Waals surface area contributed by atoms with Gasteiger partial charge in [-0.3, -0.25) is 4.79 Å². The van der Waals surface area contributed by atoms with Crippen molar-refractivity contribution in [1.82, 2.24) is 4.72 Å². The van der Waals surface area contributed by atoms with Crippen LogP contribution in [0.25, 0.3) is 0 Å². The average Bonchev–Trinajstić information content (AvgIpc) is 2.90. The van der Waals surface area contributed by atoms with Crippen molar-refractivity contribution < 1.29 is 26.4 Å². The number of nitrogens with one attached hydrogen (secondary N) is 1. The first-order valence-corrected chi connectivity index (χ1v) is 9.22. The molecule has 2 aromatic carbocycles. The smallest absolute Gasteiger partial charge is 0.245 e.